The first-order valence-electron chi connectivity index (χ1n) is 10.8. The minimum Gasteiger partial charge on any atom is -0.497 e. The van der Waals surface area contributed by atoms with Crippen LogP contribution in [-0.2, 0) is 11.3 Å². The molecule has 1 unspecified atom stereocenters. The van der Waals surface area contributed by atoms with E-state index in [0.29, 0.717) is 34.8 Å². The molecular formula is C24H27N3O5S. The maximum atomic E-state index is 12.2. The van der Waals surface area contributed by atoms with Crippen LogP contribution in [0.15, 0.2) is 42.5 Å². The molecule has 1 aliphatic rings. The number of rotatable bonds is 11. The summed E-state index contributed by atoms with van der Waals surface area (Å²) in [5.74, 6) is 0.726. The second kappa shape index (κ2) is 10.2. The first-order valence-corrected chi connectivity index (χ1v) is 11.6. The number of aliphatic hydroxyl groups is 1. The molecule has 3 aromatic rings. The lowest BCUT2D eigenvalue weighted by molar-refractivity contribution is -0.117. The summed E-state index contributed by atoms with van der Waals surface area (Å²) in [7, 11) is 1.63. The van der Waals surface area contributed by atoms with Gasteiger partial charge in [-0.1, -0.05) is 12.1 Å². The first kappa shape index (κ1) is 23.0. The van der Waals surface area contributed by atoms with Crippen molar-refractivity contribution in [1.82, 2.24) is 5.32 Å². The number of aliphatic hydroxyl groups excluding tert-OH is 1. The summed E-state index contributed by atoms with van der Waals surface area (Å²) in [5.41, 5.74) is 6.97. The van der Waals surface area contributed by atoms with E-state index in [1.165, 1.54) is 11.3 Å². The molecule has 9 heteroatoms. The Labute approximate surface area is 195 Å². The lowest BCUT2D eigenvalue weighted by Crippen LogP contribution is -2.31. The SMILES string of the molecule is COc1ccc(CNCC(O)COc2ccc3c(C(N)=O)c(NC(=O)C4CC4)sc3c2)cc1. The number of hydrogen-bond donors (Lipinski definition) is 4. The molecule has 174 valence electrons. The highest BCUT2D eigenvalue weighted by Gasteiger charge is 2.31. The molecular weight excluding hydrogens is 442 g/mol. The number of nitrogens with two attached hydrogens (primary N) is 1. The Morgan fingerprint density at radius 3 is 2.58 bits per heavy atom. The smallest absolute Gasteiger partial charge is 0.252 e. The van der Waals surface area contributed by atoms with E-state index in [0.717, 1.165) is 28.9 Å². The van der Waals surface area contributed by atoms with Crippen LogP contribution in [0.1, 0.15) is 28.8 Å². The van der Waals surface area contributed by atoms with Crippen molar-refractivity contribution in [3.63, 3.8) is 0 Å². The maximum Gasteiger partial charge on any atom is 0.252 e. The number of methoxy groups -OCH3 is 1. The fraction of sp³-hybridized carbons (Fsp3) is 0.333. The highest BCUT2D eigenvalue weighted by Crippen LogP contribution is 2.39. The lowest BCUT2D eigenvalue weighted by Gasteiger charge is -2.13. The van der Waals surface area contributed by atoms with Gasteiger partial charge < -0.3 is 30.9 Å². The van der Waals surface area contributed by atoms with Crippen LogP contribution in [0.5, 0.6) is 11.5 Å². The van der Waals surface area contributed by atoms with Gasteiger partial charge in [0.1, 0.15) is 29.2 Å². The Kier molecular flexibility index (Phi) is 7.12. The number of benzene rings is 2. The number of fused-ring (bicyclic) bond motifs is 1. The monoisotopic (exact) mass is 469 g/mol. The summed E-state index contributed by atoms with van der Waals surface area (Å²) in [6.07, 6.45) is 1.05. The van der Waals surface area contributed by atoms with Crippen LogP contribution < -0.4 is 25.8 Å². The number of nitrogens with one attached hydrogen (secondary N) is 2. The van der Waals surface area contributed by atoms with Gasteiger partial charge in [-0.25, -0.2) is 0 Å². The van der Waals surface area contributed by atoms with Gasteiger partial charge in [-0.15, -0.1) is 11.3 Å². The third-order valence-electron chi connectivity index (χ3n) is 5.40. The van der Waals surface area contributed by atoms with Crippen molar-refractivity contribution in [1.29, 1.82) is 0 Å². The van der Waals surface area contributed by atoms with E-state index in [4.69, 9.17) is 15.2 Å². The van der Waals surface area contributed by atoms with Crippen LogP contribution in [0.3, 0.4) is 0 Å². The molecule has 0 aliphatic heterocycles. The third-order valence-corrected chi connectivity index (χ3v) is 6.47. The lowest BCUT2D eigenvalue weighted by atomic mass is 10.1. The van der Waals surface area contributed by atoms with Gasteiger partial charge in [-0.3, -0.25) is 9.59 Å². The van der Waals surface area contributed by atoms with Crippen molar-refractivity contribution < 1.29 is 24.2 Å². The molecule has 1 saturated carbocycles. The number of ether oxygens (including phenoxy) is 2. The molecule has 0 spiro atoms. The third kappa shape index (κ3) is 5.81. The van der Waals surface area contributed by atoms with Crippen LogP contribution in [0, 0.1) is 5.92 Å². The van der Waals surface area contributed by atoms with Crippen LogP contribution in [-0.4, -0.2) is 43.3 Å². The minimum absolute atomic E-state index is 0.0228. The van der Waals surface area contributed by atoms with E-state index in [2.05, 4.69) is 10.6 Å². The first-order chi connectivity index (χ1) is 15.9. The Balaban J connectivity index is 1.33. The average molecular weight is 470 g/mol. The number of carbonyl (C=O) groups excluding carboxylic acids is 2. The number of amides is 2. The fourth-order valence-corrected chi connectivity index (χ4v) is 4.58. The average Bonchev–Trinajstić information content (AvgIpc) is 3.59. The zero-order valence-corrected chi connectivity index (χ0v) is 19.1. The number of hydrogen-bond acceptors (Lipinski definition) is 7. The van der Waals surface area contributed by atoms with Gasteiger partial charge in [-0.05, 0) is 48.7 Å². The van der Waals surface area contributed by atoms with Gasteiger partial charge in [0.05, 0.1) is 12.7 Å². The van der Waals surface area contributed by atoms with E-state index < -0.39 is 12.0 Å². The van der Waals surface area contributed by atoms with Crippen molar-refractivity contribution in [2.24, 2.45) is 11.7 Å². The van der Waals surface area contributed by atoms with E-state index >= 15 is 0 Å². The molecule has 5 N–H and O–H groups in total. The highest BCUT2D eigenvalue weighted by atomic mass is 32.1. The summed E-state index contributed by atoms with van der Waals surface area (Å²) in [6, 6.07) is 13.0. The summed E-state index contributed by atoms with van der Waals surface area (Å²) in [6.45, 7) is 1.10. The van der Waals surface area contributed by atoms with Crippen molar-refractivity contribution in [2.75, 3.05) is 25.6 Å². The van der Waals surface area contributed by atoms with E-state index in [9.17, 15) is 14.7 Å². The molecule has 1 aromatic heterocycles. The summed E-state index contributed by atoms with van der Waals surface area (Å²) in [4.78, 5) is 24.2. The molecule has 2 amide bonds. The molecule has 33 heavy (non-hydrogen) atoms. The summed E-state index contributed by atoms with van der Waals surface area (Å²) in [5, 5.41) is 17.4. The number of primary amides is 1. The van der Waals surface area contributed by atoms with Crippen molar-refractivity contribution in [3.05, 3.63) is 53.6 Å². The van der Waals surface area contributed by atoms with Gasteiger partial charge in [0.2, 0.25) is 5.91 Å². The second-order valence-corrected chi connectivity index (χ2v) is 9.09. The molecule has 2 aromatic carbocycles. The van der Waals surface area contributed by atoms with Gasteiger partial charge in [0.15, 0.2) is 0 Å². The quantitative estimate of drug-likeness (QED) is 0.342. The standard InChI is InChI=1S/C24H27N3O5S/c1-31-17-6-2-14(3-7-17)11-26-12-16(28)13-32-18-8-9-19-20(10-18)33-24(21(19)22(25)29)27-23(30)15-4-5-15/h2-3,6-10,15-16,26,28H,4-5,11-13H2,1H3,(H2,25,29)(H,27,30). The van der Waals surface area contributed by atoms with E-state index in [1.54, 1.807) is 25.3 Å². The van der Waals surface area contributed by atoms with E-state index in [-0.39, 0.29) is 18.4 Å². The Morgan fingerprint density at radius 2 is 1.91 bits per heavy atom. The molecule has 1 heterocycles. The summed E-state index contributed by atoms with van der Waals surface area (Å²) < 4.78 is 11.7. The second-order valence-electron chi connectivity index (χ2n) is 8.04. The molecule has 4 rings (SSSR count). The summed E-state index contributed by atoms with van der Waals surface area (Å²) >= 11 is 1.29. The maximum absolute atomic E-state index is 12.2. The fourth-order valence-electron chi connectivity index (χ4n) is 3.44. The van der Waals surface area contributed by atoms with E-state index in [1.807, 2.05) is 24.3 Å². The number of thiophene rings is 1. The normalized spacial score (nSPS) is 14.1. The molecule has 1 aliphatic carbocycles. The predicted octanol–water partition coefficient (Wildman–Crippen LogP) is 2.89. The number of carbonyl (C=O) groups is 2. The van der Waals surface area contributed by atoms with Crippen LogP contribution in [0.4, 0.5) is 5.00 Å². The Hall–Kier alpha value is -3.14. The van der Waals surface area contributed by atoms with Crippen molar-refractivity contribution >= 4 is 38.2 Å². The predicted molar refractivity (Wildman–Crippen MR) is 128 cm³/mol. The Morgan fingerprint density at radius 1 is 1.18 bits per heavy atom. The van der Waals surface area contributed by atoms with Crippen molar-refractivity contribution in [3.8, 4) is 11.5 Å². The molecule has 0 saturated heterocycles. The van der Waals surface area contributed by atoms with Gasteiger partial charge in [0.25, 0.3) is 5.91 Å². The van der Waals surface area contributed by atoms with Gasteiger partial charge >= 0.3 is 0 Å². The molecule has 1 atom stereocenters. The largest absolute Gasteiger partial charge is 0.497 e. The van der Waals surface area contributed by atoms with Crippen LogP contribution in [0.2, 0.25) is 0 Å². The van der Waals surface area contributed by atoms with Crippen molar-refractivity contribution in [2.45, 2.75) is 25.5 Å². The highest BCUT2D eigenvalue weighted by molar-refractivity contribution is 7.23. The van der Waals surface area contributed by atoms with Gasteiger partial charge in [-0.2, -0.15) is 0 Å². The molecule has 8 nitrogen and oxygen atoms in total. The number of anilines is 1. The molecule has 0 radical (unpaired) electrons. The van der Waals surface area contributed by atoms with Gasteiger partial charge in [0, 0.05) is 29.1 Å². The topological polar surface area (TPSA) is 123 Å². The zero-order chi connectivity index (χ0) is 23.4. The van der Waals surface area contributed by atoms with Crippen LogP contribution in [0.25, 0.3) is 10.1 Å². The molecule has 1 fully saturated rings. The zero-order valence-electron chi connectivity index (χ0n) is 18.3. The minimum atomic E-state index is -0.697. The van der Waals surface area contributed by atoms with Crippen LogP contribution >= 0.6 is 11.3 Å². The molecule has 0 bridgehead atoms. The Bertz CT molecular complexity index is 1140.